The van der Waals surface area contributed by atoms with Gasteiger partial charge in [-0.2, -0.15) is 4.31 Å². The Morgan fingerprint density at radius 3 is 2.15 bits per heavy atom. The van der Waals surface area contributed by atoms with Crippen molar-refractivity contribution in [2.75, 3.05) is 19.3 Å². The Morgan fingerprint density at radius 1 is 0.885 bits per heavy atom. The standard InChI is InChI=1S/C33H44FN9O8S/c1-17(2)29(30(37)46)42-31(47)18(3)39-33(49)26(13-19-15-38-24-8-6-5-7-21(19)24)41-32(48)25(11-12-27(36)44)40-28(45)16-43(4)52(50,51)20-9-10-22(34)23(35)14-20/h5-10,14-15,17-18,25-26,29,38H,11-13,16,35H2,1-4H3,(H2,36,44)(H2,37,46)(H,39,49)(H,40,45)(H,41,48)(H,42,47)/t18-,25-,26-,29-/m0/s1. The quantitative estimate of drug-likeness (QED) is 0.0750. The van der Waals surface area contributed by atoms with E-state index in [1.807, 2.05) is 0 Å². The monoisotopic (exact) mass is 745 g/mol. The molecule has 0 aliphatic heterocycles. The van der Waals surface area contributed by atoms with Crippen LogP contribution >= 0.6 is 0 Å². The molecule has 0 radical (unpaired) electrons. The van der Waals surface area contributed by atoms with Crippen molar-refractivity contribution in [2.45, 2.75) is 69.1 Å². The molecule has 17 nitrogen and oxygen atoms in total. The molecule has 3 aromatic rings. The SMILES string of the molecule is CC(C)[C@H](NC(=O)[C@H](C)NC(=O)[C@H](Cc1c[nH]c2ccccc12)NC(=O)[C@H](CCC(N)=O)NC(=O)CN(C)S(=O)(=O)c1ccc(F)c(N)c1)C(N)=O. The highest BCUT2D eigenvalue weighted by molar-refractivity contribution is 7.89. The van der Waals surface area contributed by atoms with E-state index < -0.39 is 87.7 Å². The molecule has 1 heterocycles. The molecule has 0 bridgehead atoms. The van der Waals surface area contributed by atoms with Crippen molar-refractivity contribution in [3.8, 4) is 0 Å². The Labute approximate surface area is 299 Å². The highest BCUT2D eigenvalue weighted by Crippen LogP contribution is 2.21. The molecule has 1 aromatic heterocycles. The van der Waals surface area contributed by atoms with Crippen LogP contribution in [0, 0.1) is 11.7 Å². The molecular weight excluding hydrogens is 701 g/mol. The number of rotatable bonds is 18. The van der Waals surface area contributed by atoms with Crippen LogP contribution in [0.3, 0.4) is 0 Å². The van der Waals surface area contributed by atoms with Crippen LogP contribution in [0.15, 0.2) is 53.6 Å². The Bertz CT molecular complexity index is 1930. The summed E-state index contributed by atoms with van der Waals surface area (Å²) in [6.45, 7) is 3.93. The lowest BCUT2D eigenvalue weighted by Crippen LogP contribution is -2.58. The average Bonchev–Trinajstić information content (AvgIpc) is 3.48. The van der Waals surface area contributed by atoms with E-state index in [1.54, 1.807) is 44.3 Å². The van der Waals surface area contributed by atoms with Crippen LogP contribution in [0.1, 0.15) is 39.2 Å². The average molecular weight is 746 g/mol. The van der Waals surface area contributed by atoms with Crippen molar-refractivity contribution in [1.82, 2.24) is 30.6 Å². The lowest BCUT2D eigenvalue weighted by atomic mass is 10.0. The number of sulfonamides is 1. The van der Waals surface area contributed by atoms with Gasteiger partial charge in [0.2, 0.25) is 45.5 Å². The molecule has 52 heavy (non-hydrogen) atoms. The van der Waals surface area contributed by atoms with E-state index in [0.29, 0.717) is 9.87 Å². The number of benzene rings is 2. The summed E-state index contributed by atoms with van der Waals surface area (Å²) in [5.74, 6) is -6.13. The second-order valence-corrected chi connectivity index (χ2v) is 14.6. The van der Waals surface area contributed by atoms with Gasteiger partial charge in [0.05, 0.1) is 17.1 Å². The molecule has 282 valence electrons. The van der Waals surface area contributed by atoms with Crippen molar-refractivity contribution in [1.29, 1.82) is 0 Å². The van der Waals surface area contributed by atoms with Crippen LogP contribution in [0.25, 0.3) is 10.9 Å². The molecule has 0 saturated carbocycles. The van der Waals surface area contributed by atoms with Gasteiger partial charge in [-0.1, -0.05) is 32.0 Å². The third-order valence-electron chi connectivity index (χ3n) is 8.13. The first-order valence-electron chi connectivity index (χ1n) is 16.2. The summed E-state index contributed by atoms with van der Waals surface area (Å²) in [5.41, 5.74) is 17.1. The number of amides is 6. The van der Waals surface area contributed by atoms with Crippen molar-refractivity contribution < 1.29 is 41.6 Å². The van der Waals surface area contributed by atoms with Crippen molar-refractivity contribution >= 4 is 62.1 Å². The van der Waals surface area contributed by atoms with E-state index in [2.05, 4.69) is 26.3 Å². The largest absolute Gasteiger partial charge is 0.396 e. The summed E-state index contributed by atoms with van der Waals surface area (Å²) in [7, 11) is -3.25. The van der Waals surface area contributed by atoms with Crippen LogP contribution in [0.5, 0.6) is 0 Å². The maximum atomic E-state index is 13.7. The van der Waals surface area contributed by atoms with Crippen LogP contribution in [0.4, 0.5) is 10.1 Å². The Morgan fingerprint density at radius 2 is 1.54 bits per heavy atom. The number of carbonyl (C=O) groups is 6. The number of likely N-dealkylation sites (N-methyl/N-ethyl adjacent to an activating group) is 1. The fraction of sp³-hybridized carbons (Fsp3) is 0.394. The first-order valence-corrected chi connectivity index (χ1v) is 17.6. The maximum absolute atomic E-state index is 13.7. The molecule has 4 atom stereocenters. The van der Waals surface area contributed by atoms with E-state index in [1.165, 1.54) is 6.92 Å². The third-order valence-corrected chi connectivity index (χ3v) is 9.93. The number of aromatic nitrogens is 1. The molecule has 19 heteroatoms. The van der Waals surface area contributed by atoms with Gasteiger partial charge in [0, 0.05) is 37.0 Å². The number of primary amides is 2. The van der Waals surface area contributed by atoms with Gasteiger partial charge in [0.15, 0.2) is 0 Å². The summed E-state index contributed by atoms with van der Waals surface area (Å²) in [6.07, 6.45) is 0.866. The minimum atomic E-state index is -4.33. The van der Waals surface area contributed by atoms with E-state index in [-0.39, 0.29) is 30.1 Å². The molecule has 3 rings (SSSR count). The number of nitrogens with two attached hydrogens (primary N) is 3. The number of nitrogens with zero attached hydrogens (tertiary/aromatic N) is 1. The second kappa shape index (κ2) is 17.6. The van der Waals surface area contributed by atoms with Gasteiger partial charge in [-0.3, -0.25) is 28.8 Å². The van der Waals surface area contributed by atoms with E-state index in [9.17, 15) is 41.6 Å². The first kappa shape index (κ1) is 40.9. The minimum absolute atomic E-state index is 0.0932. The second-order valence-electron chi connectivity index (χ2n) is 12.6. The summed E-state index contributed by atoms with van der Waals surface area (Å²) in [4.78, 5) is 79.6. The number of para-hydroxylation sites is 1. The van der Waals surface area contributed by atoms with Crippen molar-refractivity contribution in [2.24, 2.45) is 17.4 Å². The van der Waals surface area contributed by atoms with Crippen LogP contribution < -0.4 is 38.5 Å². The number of H-pyrrole nitrogens is 1. The molecule has 0 unspecified atom stereocenters. The topological polar surface area (TPSA) is 282 Å². The molecule has 2 aromatic carbocycles. The molecule has 0 aliphatic rings. The van der Waals surface area contributed by atoms with Crippen LogP contribution in [-0.2, 0) is 45.2 Å². The number of nitrogen functional groups attached to an aromatic ring is 1. The van der Waals surface area contributed by atoms with Gasteiger partial charge < -0.3 is 43.5 Å². The van der Waals surface area contributed by atoms with Gasteiger partial charge in [-0.25, -0.2) is 12.8 Å². The van der Waals surface area contributed by atoms with E-state index >= 15 is 0 Å². The fourth-order valence-electron chi connectivity index (χ4n) is 5.17. The molecule has 0 aliphatic carbocycles. The minimum Gasteiger partial charge on any atom is -0.396 e. The zero-order valence-corrected chi connectivity index (χ0v) is 29.9. The zero-order valence-electron chi connectivity index (χ0n) is 29.1. The summed E-state index contributed by atoms with van der Waals surface area (Å²) >= 11 is 0. The molecule has 0 fully saturated rings. The maximum Gasteiger partial charge on any atom is 0.243 e. The van der Waals surface area contributed by atoms with Gasteiger partial charge >= 0.3 is 0 Å². The summed E-state index contributed by atoms with van der Waals surface area (Å²) < 4.78 is 40.3. The predicted octanol–water partition coefficient (Wildman–Crippen LogP) is -0.882. The summed E-state index contributed by atoms with van der Waals surface area (Å²) in [5, 5.41) is 10.7. The normalized spacial score (nSPS) is 13.9. The molecule has 11 N–H and O–H groups in total. The Balaban J connectivity index is 1.84. The van der Waals surface area contributed by atoms with Crippen molar-refractivity contribution in [3.63, 3.8) is 0 Å². The highest BCUT2D eigenvalue weighted by Gasteiger charge is 2.32. The number of halogens is 1. The van der Waals surface area contributed by atoms with Crippen LogP contribution in [0.2, 0.25) is 0 Å². The van der Waals surface area contributed by atoms with Gasteiger partial charge in [0.1, 0.15) is 30.0 Å². The smallest absolute Gasteiger partial charge is 0.243 e. The lowest BCUT2D eigenvalue weighted by molar-refractivity contribution is -0.134. The van der Waals surface area contributed by atoms with Crippen molar-refractivity contribution in [3.05, 3.63) is 60.0 Å². The number of hydrogen-bond acceptors (Lipinski definition) is 9. The van der Waals surface area contributed by atoms with Crippen LogP contribution in [-0.4, -0.2) is 90.9 Å². The van der Waals surface area contributed by atoms with E-state index in [0.717, 1.165) is 36.1 Å². The number of hydrogen-bond donors (Lipinski definition) is 8. The third kappa shape index (κ3) is 10.7. The zero-order chi connectivity index (χ0) is 38.9. The molecule has 6 amide bonds. The number of nitrogens with one attached hydrogen (secondary N) is 5. The number of anilines is 1. The first-order chi connectivity index (χ1) is 24.3. The Hall–Kier alpha value is -5.56. The number of carbonyl (C=O) groups excluding carboxylic acids is 6. The molecular formula is C33H44FN9O8S. The fourth-order valence-corrected chi connectivity index (χ4v) is 6.33. The number of fused-ring (bicyclic) bond motifs is 1. The lowest BCUT2D eigenvalue weighted by Gasteiger charge is -2.26. The van der Waals surface area contributed by atoms with E-state index in [4.69, 9.17) is 17.2 Å². The molecule has 0 spiro atoms. The summed E-state index contributed by atoms with van der Waals surface area (Å²) in [6, 6.07) is 4.90. The van der Waals surface area contributed by atoms with Gasteiger partial charge in [-0.15, -0.1) is 0 Å². The molecule has 0 saturated heterocycles. The predicted molar refractivity (Wildman–Crippen MR) is 188 cm³/mol. The Kier molecular flexibility index (Phi) is 13.8. The number of aromatic amines is 1. The van der Waals surface area contributed by atoms with Gasteiger partial charge in [0.25, 0.3) is 0 Å². The van der Waals surface area contributed by atoms with Gasteiger partial charge in [-0.05, 0) is 49.1 Å². The highest BCUT2D eigenvalue weighted by atomic mass is 32.2.